The second kappa shape index (κ2) is 10.3. The van der Waals surface area contributed by atoms with Crippen LogP contribution in [0.4, 0.5) is 8.78 Å². The maximum absolute atomic E-state index is 13.4. The SMILES string of the molecule is CCC(C(=O)C=Cc1cc(F)ccc1OC)C(=O)C=Cc1cc(F)ccc1OC. The van der Waals surface area contributed by atoms with Crippen molar-refractivity contribution in [1.82, 2.24) is 0 Å². The van der Waals surface area contributed by atoms with Crippen molar-refractivity contribution >= 4 is 23.7 Å². The molecule has 152 valence electrons. The molecule has 0 aliphatic rings. The molecule has 0 N–H and O–H groups in total. The summed E-state index contributed by atoms with van der Waals surface area (Å²) in [5, 5.41) is 0. The van der Waals surface area contributed by atoms with Gasteiger partial charge in [0.05, 0.1) is 20.1 Å². The molecule has 0 saturated heterocycles. The largest absolute Gasteiger partial charge is 0.496 e. The number of hydrogen-bond acceptors (Lipinski definition) is 4. The van der Waals surface area contributed by atoms with Gasteiger partial charge in [0.15, 0.2) is 11.6 Å². The molecular formula is C23H22F2O4. The van der Waals surface area contributed by atoms with E-state index in [-0.39, 0.29) is 6.42 Å². The number of carbonyl (C=O) groups excluding carboxylic acids is 2. The highest BCUT2D eigenvalue weighted by Crippen LogP contribution is 2.23. The van der Waals surface area contributed by atoms with Crippen LogP contribution in [0.5, 0.6) is 11.5 Å². The summed E-state index contributed by atoms with van der Waals surface area (Å²) in [6.07, 6.45) is 5.59. The van der Waals surface area contributed by atoms with Crippen LogP contribution in [0.15, 0.2) is 48.6 Å². The Bertz CT molecular complexity index is 872. The van der Waals surface area contributed by atoms with Crippen molar-refractivity contribution in [2.75, 3.05) is 14.2 Å². The average molecular weight is 400 g/mol. The summed E-state index contributed by atoms with van der Waals surface area (Å²) in [6.45, 7) is 1.72. The number of ketones is 2. The zero-order chi connectivity index (χ0) is 21.4. The maximum Gasteiger partial charge on any atom is 0.166 e. The molecule has 6 heteroatoms. The van der Waals surface area contributed by atoms with Crippen LogP contribution in [0.1, 0.15) is 24.5 Å². The Morgan fingerprint density at radius 2 is 1.28 bits per heavy atom. The first-order chi connectivity index (χ1) is 13.9. The van der Waals surface area contributed by atoms with E-state index in [9.17, 15) is 18.4 Å². The molecule has 0 aliphatic heterocycles. The molecule has 2 rings (SSSR count). The highest BCUT2D eigenvalue weighted by Gasteiger charge is 2.20. The predicted octanol–water partition coefficient (Wildman–Crippen LogP) is 4.87. The van der Waals surface area contributed by atoms with Gasteiger partial charge in [-0.15, -0.1) is 0 Å². The van der Waals surface area contributed by atoms with Gasteiger partial charge in [-0.05, 0) is 67.1 Å². The minimum Gasteiger partial charge on any atom is -0.496 e. The van der Waals surface area contributed by atoms with Crippen LogP contribution in [-0.4, -0.2) is 25.8 Å². The normalized spacial score (nSPS) is 12.3. The van der Waals surface area contributed by atoms with Crippen LogP contribution in [0.2, 0.25) is 0 Å². The lowest BCUT2D eigenvalue weighted by atomic mass is 9.94. The molecule has 29 heavy (non-hydrogen) atoms. The third-order valence-electron chi connectivity index (χ3n) is 4.33. The van der Waals surface area contributed by atoms with E-state index in [2.05, 4.69) is 0 Å². The van der Waals surface area contributed by atoms with Crippen molar-refractivity contribution in [1.29, 1.82) is 0 Å². The van der Waals surface area contributed by atoms with E-state index in [1.807, 2.05) is 0 Å². The minimum atomic E-state index is -0.901. The van der Waals surface area contributed by atoms with E-state index in [1.165, 1.54) is 74.9 Å². The molecule has 0 radical (unpaired) electrons. The summed E-state index contributed by atoms with van der Waals surface area (Å²) in [7, 11) is 2.88. The Kier molecular flexibility index (Phi) is 7.83. The molecule has 2 aromatic rings. The van der Waals surface area contributed by atoms with Crippen molar-refractivity contribution in [3.05, 3.63) is 71.3 Å². The lowest BCUT2D eigenvalue weighted by Crippen LogP contribution is -2.20. The molecule has 0 saturated carbocycles. The fourth-order valence-corrected chi connectivity index (χ4v) is 2.79. The Labute approximate surface area is 168 Å². The van der Waals surface area contributed by atoms with Crippen molar-refractivity contribution < 1.29 is 27.8 Å². The highest BCUT2D eigenvalue weighted by atomic mass is 19.1. The van der Waals surface area contributed by atoms with Gasteiger partial charge >= 0.3 is 0 Å². The first kappa shape index (κ1) is 22.0. The second-order valence-electron chi connectivity index (χ2n) is 6.20. The van der Waals surface area contributed by atoms with Crippen LogP contribution in [0.3, 0.4) is 0 Å². The van der Waals surface area contributed by atoms with Crippen molar-refractivity contribution in [2.24, 2.45) is 5.92 Å². The van der Waals surface area contributed by atoms with E-state index in [4.69, 9.17) is 9.47 Å². The fraction of sp³-hybridized carbons (Fsp3) is 0.217. The molecule has 0 spiro atoms. The molecule has 0 aromatic heterocycles. The number of halogens is 2. The smallest absolute Gasteiger partial charge is 0.166 e. The van der Waals surface area contributed by atoms with Crippen molar-refractivity contribution in [3.63, 3.8) is 0 Å². The Hall–Kier alpha value is -3.28. The number of benzene rings is 2. The van der Waals surface area contributed by atoms with E-state index in [1.54, 1.807) is 6.92 Å². The first-order valence-corrected chi connectivity index (χ1v) is 9.00. The van der Waals surface area contributed by atoms with Crippen molar-refractivity contribution in [2.45, 2.75) is 13.3 Å². The van der Waals surface area contributed by atoms with Crippen LogP contribution >= 0.6 is 0 Å². The molecule has 0 amide bonds. The van der Waals surface area contributed by atoms with Gasteiger partial charge < -0.3 is 9.47 Å². The monoisotopic (exact) mass is 400 g/mol. The van der Waals surface area contributed by atoms with E-state index in [0.717, 1.165) is 0 Å². The Morgan fingerprint density at radius 1 is 0.862 bits per heavy atom. The summed E-state index contributed by atoms with van der Waals surface area (Å²) in [6, 6.07) is 7.89. The maximum atomic E-state index is 13.4. The van der Waals surface area contributed by atoms with Crippen molar-refractivity contribution in [3.8, 4) is 11.5 Å². The zero-order valence-corrected chi connectivity index (χ0v) is 16.4. The summed E-state index contributed by atoms with van der Waals surface area (Å²) in [5.41, 5.74) is 0.784. The Balaban J connectivity index is 2.18. The number of allylic oxidation sites excluding steroid dienone is 2. The summed E-state index contributed by atoms with van der Waals surface area (Å²) in [5.74, 6) is -1.84. The summed E-state index contributed by atoms with van der Waals surface area (Å²) in [4.78, 5) is 25.0. The standard InChI is InChI=1S/C23H22F2O4/c1-4-19(20(26)9-5-15-13-17(24)7-11-22(15)28-2)21(27)10-6-16-14-18(25)8-12-23(16)29-3/h5-14,19H,4H2,1-3H3. The molecule has 0 heterocycles. The molecule has 0 atom stereocenters. The lowest BCUT2D eigenvalue weighted by Gasteiger charge is -2.09. The number of rotatable bonds is 9. The van der Waals surface area contributed by atoms with Gasteiger partial charge in [0.25, 0.3) is 0 Å². The number of hydrogen-bond donors (Lipinski definition) is 0. The zero-order valence-electron chi connectivity index (χ0n) is 16.4. The first-order valence-electron chi connectivity index (χ1n) is 9.00. The molecule has 4 nitrogen and oxygen atoms in total. The highest BCUT2D eigenvalue weighted by molar-refractivity contribution is 6.13. The van der Waals surface area contributed by atoms with Gasteiger partial charge in [-0.2, -0.15) is 0 Å². The quantitative estimate of drug-likeness (QED) is 0.445. The molecule has 0 bridgehead atoms. The second-order valence-corrected chi connectivity index (χ2v) is 6.20. The lowest BCUT2D eigenvalue weighted by molar-refractivity contribution is -0.127. The number of carbonyl (C=O) groups is 2. The molecular weight excluding hydrogens is 378 g/mol. The molecule has 0 aliphatic carbocycles. The number of methoxy groups -OCH3 is 2. The minimum absolute atomic E-state index is 0.285. The molecule has 0 unspecified atom stereocenters. The van der Waals surface area contributed by atoms with Gasteiger partial charge in [0.2, 0.25) is 0 Å². The van der Waals surface area contributed by atoms with Crippen LogP contribution in [-0.2, 0) is 9.59 Å². The van der Waals surface area contributed by atoms with Gasteiger partial charge in [0, 0.05) is 11.1 Å². The average Bonchev–Trinajstić information content (AvgIpc) is 2.71. The molecule has 0 fully saturated rings. The van der Waals surface area contributed by atoms with Gasteiger partial charge in [-0.1, -0.05) is 6.92 Å². The van der Waals surface area contributed by atoms with Crippen LogP contribution in [0, 0.1) is 17.6 Å². The van der Waals surface area contributed by atoms with Crippen LogP contribution in [0.25, 0.3) is 12.2 Å². The van der Waals surface area contributed by atoms with E-state index >= 15 is 0 Å². The predicted molar refractivity (Wildman–Crippen MR) is 108 cm³/mol. The van der Waals surface area contributed by atoms with Gasteiger partial charge in [0.1, 0.15) is 23.1 Å². The van der Waals surface area contributed by atoms with E-state index < -0.39 is 29.1 Å². The molecule has 2 aromatic carbocycles. The van der Waals surface area contributed by atoms with Crippen LogP contribution < -0.4 is 9.47 Å². The third-order valence-corrected chi connectivity index (χ3v) is 4.33. The summed E-state index contributed by atoms with van der Waals surface area (Å²) < 4.78 is 37.1. The fourth-order valence-electron chi connectivity index (χ4n) is 2.79. The van der Waals surface area contributed by atoms with E-state index in [0.29, 0.717) is 22.6 Å². The topological polar surface area (TPSA) is 52.6 Å². The number of ether oxygens (including phenoxy) is 2. The van der Waals surface area contributed by atoms with Gasteiger partial charge in [-0.25, -0.2) is 8.78 Å². The van der Waals surface area contributed by atoms with Gasteiger partial charge in [-0.3, -0.25) is 9.59 Å². The Morgan fingerprint density at radius 3 is 1.62 bits per heavy atom. The summed E-state index contributed by atoms with van der Waals surface area (Å²) >= 11 is 0. The third kappa shape index (κ3) is 5.85.